The molecule has 2 fully saturated rings. The fourth-order valence-electron chi connectivity index (χ4n) is 3.83. The molecule has 3 heterocycles. The first-order chi connectivity index (χ1) is 13.3. The summed E-state index contributed by atoms with van der Waals surface area (Å²) < 4.78 is 26.7. The van der Waals surface area contributed by atoms with Crippen molar-refractivity contribution in [3.05, 3.63) is 48.0 Å². The lowest BCUT2D eigenvalue weighted by atomic mass is 10.1. The van der Waals surface area contributed by atoms with Crippen LogP contribution in [0.25, 0.3) is 5.69 Å². The number of hydrogen-bond acceptors (Lipinski definition) is 4. The minimum absolute atomic E-state index is 0.230. The lowest BCUT2D eigenvalue weighted by Crippen LogP contribution is -2.38. The van der Waals surface area contributed by atoms with E-state index in [2.05, 4.69) is 10.00 Å². The number of benzene rings is 1. The molecule has 27 heavy (non-hydrogen) atoms. The van der Waals surface area contributed by atoms with E-state index in [9.17, 15) is 4.39 Å². The van der Waals surface area contributed by atoms with E-state index in [1.54, 1.807) is 16.8 Å². The predicted molar refractivity (Wildman–Crippen MR) is 101 cm³/mol. The predicted octanol–water partition coefficient (Wildman–Crippen LogP) is 3.56. The first kappa shape index (κ1) is 18.6. The number of rotatable bonds is 6. The molecule has 5 nitrogen and oxygen atoms in total. The molecule has 0 spiro atoms. The second-order valence-electron chi connectivity index (χ2n) is 7.53. The molecule has 0 amide bonds. The summed E-state index contributed by atoms with van der Waals surface area (Å²) in [6.45, 7) is 4.52. The Morgan fingerprint density at radius 2 is 1.89 bits per heavy atom. The van der Waals surface area contributed by atoms with Gasteiger partial charge < -0.3 is 9.47 Å². The van der Waals surface area contributed by atoms with Gasteiger partial charge in [0, 0.05) is 32.4 Å². The number of likely N-dealkylation sites (tertiary alicyclic amines) is 1. The van der Waals surface area contributed by atoms with Crippen LogP contribution >= 0.6 is 0 Å². The third-order valence-electron chi connectivity index (χ3n) is 5.45. The average Bonchev–Trinajstić information content (AvgIpc) is 3.17. The van der Waals surface area contributed by atoms with Crippen molar-refractivity contribution in [3.63, 3.8) is 0 Å². The van der Waals surface area contributed by atoms with E-state index in [4.69, 9.17) is 9.47 Å². The van der Waals surface area contributed by atoms with E-state index in [1.807, 2.05) is 12.3 Å². The van der Waals surface area contributed by atoms with Gasteiger partial charge in [-0.05, 0) is 62.4 Å². The molecule has 0 bridgehead atoms. The highest BCUT2D eigenvalue weighted by Crippen LogP contribution is 2.19. The van der Waals surface area contributed by atoms with Gasteiger partial charge in [0.1, 0.15) is 5.82 Å². The maximum absolute atomic E-state index is 13.1. The quantitative estimate of drug-likeness (QED) is 0.776. The number of hydrogen-bond donors (Lipinski definition) is 0. The maximum Gasteiger partial charge on any atom is 0.123 e. The second-order valence-corrected chi connectivity index (χ2v) is 7.53. The van der Waals surface area contributed by atoms with Crippen LogP contribution < -0.4 is 0 Å². The summed E-state index contributed by atoms with van der Waals surface area (Å²) in [5.74, 6) is -0.230. The van der Waals surface area contributed by atoms with Gasteiger partial charge in [-0.1, -0.05) is 0 Å². The molecular formula is C21H28FN3O2. The summed E-state index contributed by atoms with van der Waals surface area (Å²) in [4.78, 5) is 2.42. The second kappa shape index (κ2) is 8.95. The van der Waals surface area contributed by atoms with Gasteiger partial charge in [0.25, 0.3) is 0 Å². The van der Waals surface area contributed by atoms with Crippen LogP contribution in [0.4, 0.5) is 4.39 Å². The summed E-state index contributed by atoms with van der Waals surface area (Å²) in [5, 5.41) is 4.63. The van der Waals surface area contributed by atoms with Crippen LogP contribution in [0.5, 0.6) is 0 Å². The Labute approximate surface area is 160 Å². The van der Waals surface area contributed by atoms with E-state index in [0.717, 1.165) is 63.5 Å². The van der Waals surface area contributed by atoms with Crippen molar-refractivity contribution in [1.82, 2.24) is 14.7 Å². The molecule has 2 aliphatic heterocycles. The van der Waals surface area contributed by atoms with Gasteiger partial charge in [-0.25, -0.2) is 9.07 Å². The lowest BCUT2D eigenvalue weighted by Gasteiger charge is -2.32. The van der Waals surface area contributed by atoms with E-state index in [-0.39, 0.29) is 5.82 Å². The molecule has 2 aliphatic rings. The van der Waals surface area contributed by atoms with Crippen LogP contribution in [0.3, 0.4) is 0 Å². The Balaban J connectivity index is 1.22. The Bertz CT molecular complexity index is 704. The molecule has 1 aromatic heterocycles. The van der Waals surface area contributed by atoms with Crippen molar-refractivity contribution < 1.29 is 13.9 Å². The van der Waals surface area contributed by atoms with Crippen LogP contribution in [0.15, 0.2) is 36.5 Å². The molecule has 1 unspecified atom stereocenters. The van der Waals surface area contributed by atoms with Crippen molar-refractivity contribution in [3.8, 4) is 5.69 Å². The fourth-order valence-corrected chi connectivity index (χ4v) is 3.83. The van der Waals surface area contributed by atoms with E-state index < -0.39 is 0 Å². The Morgan fingerprint density at radius 1 is 1.07 bits per heavy atom. The van der Waals surface area contributed by atoms with Crippen molar-refractivity contribution in [2.24, 2.45) is 0 Å². The van der Waals surface area contributed by atoms with Gasteiger partial charge in [0.15, 0.2) is 0 Å². The summed E-state index contributed by atoms with van der Waals surface area (Å²) in [6.07, 6.45) is 8.29. The molecule has 0 aliphatic carbocycles. The minimum atomic E-state index is -0.230. The molecule has 0 saturated carbocycles. The smallest absolute Gasteiger partial charge is 0.123 e. The summed E-state index contributed by atoms with van der Waals surface area (Å²) >= 11 is 0. The van der Waals surface area contributed by atoms with Gasteiger partial charge in [0.05, 0.1) is 30.2 Å². The third-order valence-corrected chi connectivity index (χ3v) is 5.45. The highest BCUT2D eigenvalue weighted by atomic mass is 19.1. The van der Waals surface area contributed by atoms with Crippen LogP contribution in [0.1, 0.15) is 37.8 Å². The minimum Gasteiger partial charge on any atom is -0.376 e. The first-order valence-electron chi connectivity index (χ1n) is 10.0. The normalized spacial score (nSPS) is 22.2. The molecule has 146 valence electrons. The van der Waals surface area contributed by atoms with E-state index in [0.29, 0.717) is 12.2 Å². The van der Waals surface area contributed by atoms with Crippen molar-refractivity contribution in [2.45, 2.75) is 50.9 Å². The van der Waals surface area contributed by atoms with Gasteiger partial charge in [-0.3, -0.25) is 4.90 Å². The summed E-state index contributed by atoms with van der Waals surface area (Å²) in [6, 6.07) is 8.43. The summed E-state index contributed by atoms with van der Waals surface area (Å²) in [7, 11) is 0. The van der Waals surface area contributed by atoms with E-state index in [1.165, 1.54) is 25.0 Å². The van der Waals surface area contributed by atoms with Gasteiger partial charge in [0.2, 0.25) is 0 Å². The number of aromatic nitrogens is 2. The van der Waals surface area contributed by atoms with Crippen molar-refractivity contribution >= 4 is 0 Å². The molecule has 6 heteroatoms. The Hall–Kier alpha value is -1.76. The highest BCUT2D eigenvalue weighted by Gasteiger charge is 2.22. The zero-order valence-corrected chi connectivity index (χ0v) is 15.7. The zero-order valence-electron chi connectivity index (χ0n) is 15.7. The molecule has 2 aromatic rings. The van der Waals surface area contributed by atoms with E-state index >= 15 is 0 Å². The fraction of sp³-hybridized carbons (Fsp3) is 0.571. The third kappa shape index (κ3) is 5.15. The zero-order chi connectivity index (χ0) is 18.5. The number of nitrogens with zero attached hydrogens (tertiary/aromatic N) is 3. The van der Waals surface area contributed by atoms with Gasteiger partial charge >= 0.3 is 0 Å². The van der Waals surface area contributed by atoms with Gasteiger partial charge in [-0.2, -0.15) is 5.10 Å². The lowest BCUT2D eigenvalue weighted by molar-refractivity contribution is -0.0754. The molecule has 0 N–H and O–H groups in total. The topological polar surface area (TPSA) is 39.5 Å². The monoisotopic (exact) mass is 373 g/mol. The van der Waals surface area contributed by atoms with Crippen LogP contribution in [-0.4, -0.2) is 53.2 Å². The molecule has 1 aromatic carbocycles. The standard InChI is InChI=1S/C21H28FN3O2/c22-17-4-6-19(7-5-17)25-13-8-18(23-25)15-24-11-9-20(10-12-24)27-16-21-3-1-2-14-26-21/h4-8,13,20-21H,1-3,9-12,14-16H2. The van der Waals surface area contributed by atoms with Crippen LogP contribution in [-0.2, 0) is 16.0 Å². The number of halogens is 1. The van der Waals surface area contributed by atoms with Crippen LogP contribution in [0.2, 0.25) is 0 Å². The molecule has 4 rings (SSSR count). The number of piperidine rings is 1. The van der Waals surface area contributed by atoms with Crippen LogP contribution in [0, 0.1) is 5.82 Å². The highest BCUT2D eigenvalue weighted by molar-refractivity contribution is 5.31. The Kier molecular flexibility index (Phi) is 6.17. The summed E-state index contributed by atoms with van der Waals surface area (Å²) in [5.41, 5.74) is 1.91. The SMILES string of the molecule is Fc1ccc(-n2ccc(CN3CCC(OCC4CCCCO4)CC3)n2)cc1. The average molecular weight is 373 g/mol. The molecule has 1 atom stereocenters. The molecule has 2 saturated heterocycles. The largest absolute Gasteiger partial charge is 0.376 e. The van der Waals surface area contributed by atoms with Gasteiger partial charge in [-0.15, -0.1) is 0 Å². The number of ether oxygens (including phenoxy) is 2. The molecule has 0 radical (unpaired) electrons. The first-order valence-corrected chi connectivity index (χ1v) is 10.0. The van der Waals surface area contributed by atoms with Crippen molar-refractivity contribution in [1.29, 1.82) is 0 Å². The van der Waals surface area contributed by atoms with Crippen molar-refractivity contribution in [2.75, 3.05) is 26.3 Å². The maximum atomic E-state index is 13.1. The Morgan fingerprint density at radius 3 is 2.63 bits per heavy atom. The molecular weight excluding hydrogens is 345 g/mol.